The number of hydrogen-bond acceptors (Lipinski definition) is 2. The molecule has 0 fully saturated rings. The van der Waals surface area contributed by atoms with Crippen LogP contribution < -0.4 is 0 Å². The zero-order valence-corrected chi connectivity index (χ0v) is 10.1. The van der Waals surface area contributed by atoms with Crippen molar-refractivity contribution in [3.8, 4) is 5.75 Å². The van der Waals surface area contributed by atoms with Crippen LogP contribution in [0.1, 0.15) is 36.5 Å². The Kier molecular flexibility index (Phi) is 3.36. The van der Waals surface area contributed by atoms with Crippen LogP contribution in [0.15, 0.2) is 12.1 Å². The summed E-state index contributed by atoms with van der Waals surface area (Å²) in [6, 6.07) is 3.81. The molecule has 1 aromatic rings. The van der Waals surface area contributed by atoms with E-state index in [-0.39, 0.29) is 5.75 Å². The Morgan fingerprint density at radius 1 is 1.29 bits per heavy atom. The average Bonchev–Trinajstić information content (AvgIpc) is 2.29. The second-order valence-electron chi connectivity index (χ2n) is 4.90. The third kappa shape index (κ3) is 2.60. The molecule has 0 radical (unpaired) electrons. The van der Waals surface area contributed by atoms with Gasteiger partial charge in [0, 0.05) is 0 Å². The molecule has 1 unspecified atom stereocenters. The highest BCUT2D eigenvalue weighted by molar-refractivity contribution is 5.70. The summed E-state index contributed by atoms with van der Waals surface area (Å²) >= 11 is 0. The van der Waals surface area contributed by atoms with Crippen molar-refractivity contribution >= 4 is 5.97 Å². The number of aliphatic carboxylic acids is 1. The average molecular weight is 234 g/mol. The van der Waals surface area contributed by atoms with Gasteiger partial charge in [-0.1, -0.05) is 13.0 Å². The molecule has 3 nitrogen and oxygen atoms in total. The van der Waals surface area contributed by atoms with Crippen molar-refractivity contribution in [3.05, 3.63) is 28.8 Å². The summed E-state index contributed by atoms with van der Waals surface area (Å²) in [6.07, 6.45) is 4.83. The second kappa shape index (κ2) is 4.78. The third-order valence-corrected chi connectivity index (χ3v) is 3.49. The molecule has 3 heteroatoms. The highest BCUT2D eigenvalue weighted by atomic mass is 16.4. The highest BCUT2D eigenvalue weighted by Gasteiger charge is 2.17. The van der Waals surface area contributed by atoms with Crippen LogP contribution in [0.2, 0.25) is 0 Å². The van der Waals surface area contributed by atoms with E-state index in [0.717, 1.165) is 18.4 Å². The zero-order valence-electron chi connectivity index (χ0n) is 10.1. The number of carboxylic acid groups (broad SMARTS) is 1. The molecule has 0 saturated carbocycles. The highest BCUT2D eigenvalue weighted by Crippen LogP contribution is 2.29. The smallest absolute Gasteiger partial charge is 0.306 e. The molecule has 0 heterocycles. The number of hydrogen-bond donors (Lipinski definition) is 2. The lowest BCUT2D eigenvalue weighted by atomic mass is 9.88. The van der Waals surface area contributed by atoms with Gasteiger partial charge in [-0.2, -0.15) is 0 Å². The summed E-state index contributed by atoms with van der Waals surface area (Å²) < 4.78 is 0. The summed E-state index contributed by atoms with van der Waals surface area (Å²) in [6.45, 7) is 1.67. The van der Waals surface area contributed by atoms with Crippen molar-refractivity contribution in [1.82, 2.24) is 0 Å². The summed E-state index contributed by atoms with van der Waals surface area (Å²) in [5.41, 5.74) is 3.27. The van der Waals surface area contributed by atoms with Crippen LogP contribution in [-0.2, 0) is 24.1 Å². The molecule has 1 aliphatic carbocycles. The number of fused-ring (bicyclic) bond motifs is 1. The Balaban J connectivity index is 2.25. The second-order valence-corrected chi connectivity index (χ2v) is 4.90. The molecule has 17 heavy (non-hydrogen) atoms. The van der Waals surface area contributed by atoms with Gasteiger partial charge in [-0.25, -0.2) is 0 Å². The van der Waals surface area contributed by atoms with Crippen LogP contribution in [0.25, 0.3) is 0 Å². The van der Waals surface area contributed by atoms with Gasteiger partial charge in [0.2, 0.25) is 0 Å². The first-order chi connectivity index (χ1) is 8.08. The fourth-order valence-electron chi connectivity index (χ4n) is 2.40. The maximum Gasteiger partial charge on any atom is 0.306 e. The number of rotatable bonds is 3. The maximum atomic E-state index is 10.8. The van der Waals surface area contributed by atoms with E-state index in [4.69, 9.17) is 5.11 Å². The molecule has 2 rings (SSSR count). The lowest BCUT2D eigenvalue weighted by Crippen LogP contribution is -2.13. The van der Waals surface area contributed by atoms with E-state index in [1.54, 1.807) is 6.92 Å². The normalized spacial score (nSPS) is 16.3. The summed E-state index contributed by atoms with van der Waals surface area (Å²) in [5, 5.41) is 18.8. The molecule has 0 spiro atoms. The van der Waals surface area contributed by atoms with Crippen molar-refractivity contribution in [2.75, 3.05) is 0 Å². The number of benzene rings is 1. The molecule has 0 saturated heterocycles. The number of aromatic hydroxyl groups is 1. The van der Waals surface area contributed by atoms with Gasteiger partial charge in [0.05, 0.1) is 5.92 Å². The summed E-state index contributed by atoms with van der Waals surface area (Å²) in [5.74, 6) is -1.02. The number of phenolic OH excluding ortho intramolecular Hbond substituents is 1. The molecule has 0 aliphatic heterocycles. The van der Waals surface area contributed by atoms with E-state index in [0.29, 0.717) is 6.42 Å². The standard InChI is InChI=1S/C14H18O3/c1-9(14(16)17)6-12-7-10-4-2-3-5-11(10)8-13(12)15/h7-9,15H,2-6H2,1H3,(H,16,17). The van der Waals surface area contributed by atoms with Gasteiger partial charge in [0.25, 0.3) is 0 Å². The van der Waals surface area contributed by atoms with E-state index < -0.39 is 11.9 Å². The van der Waals surface area contributed by atoms with Gasteiger partial charge in [-0.15, -0.1) is 0 Å². The lowest BCUT2D eigenvalue weighted by molar-refractivity contribution is -0.141. The van der Waals surface area contributed by atoms with E-state index in [1.807, 2.05) is 12.1 Å². The number of phenols is 1. The van der Waals surface area contributed by atoms with E-state index in [1.165, 1.54) is 24.0 Å². The molecule has 0 aromatic heterocycles. The van der Waals surface area contributed by atoms with Gasteiger partial charge >= 0.3 is 5.97 Å². The molecule has 1 aliphatic rings. The minimum atomic E-state index is -0.817. The van der Waals surface area contributed by atoms with Crippen LogP contribution in [0.5, 0.6) is 5.75 Å². The molecular formula is C14H18O3. The number of carbonyl (C=O) groups is 1. The zero-order chi connectivity index (χ0) is 12.4. The first-order valence-electron chi connectivity index (χ1n) is 6.14. The van der Waals surface area contributed by atoms with Gasteiger partial charge in [-0.3, -0.25) is 4.79 Å². The minimum Gasteiger partial charge on any atom is -0.508 e. The Bertz CT molecular complexity index is 437. The molecule has 1 aromatic carbocycles. The lowest BCUT2D eigenvalue weighted by Gasteiger charge is -2.18. The van der Waals surface area contributed by atoms with Crippen molar-refractivity contribution in [2.45, 2.75) is 39.0 Å². The van der Waals surface area contributed by atoms with Crippen LogP contribution in [0, 0.1) is 5.92 Å². The van der Waals surface area contributed by atoms with Crippen LogP contribution in [0.3, 0.4) is 0 Å². The molecule has 0 bridgehead atoms. The Labute approximate surface area is 101 Å². The molecule has 1 atom stereocenters. The van der Waals surface area contributed by atoms with Crippen molar-refractivity contribution < 1.29 is 15.0 Å². The van der Waals surface area contributed by atoms with Crippen LogP contribution >= 0.6 is 0 Å². The van der Waals surface area contributed by atoms with Crippen molar-refractivity contribution in [1.29, 1.82) is 0 Å². The third-order valence-electron chi connectivity index (χ3n) is 3.49. The Hall–Kier alpha value is -1.51. The molecular weight excluding hydrogens is 216 g/mol. The monoisotopic (exact) mass is 234 g/mol. The van der Waals surface area contributed by atoms with Gasteiger partial charge in [0.15, 0.2) is 0 Å². The largest absolute Gasteiger partial charge is 0.508 e. The van der Waals surface area contributed by atoms with Gasteiger partial charge < -0.3 is 10.2 Å². The Morgan fingerprint density at radius 2 is 1.88 bits per heavy atom. The quantitative estimate of drug-likeness (QED) is 0.845. The minimum absolute atomic E-state index is 0.249. The molecule has 92 valence electrons. The summed E-state index contributed by atoms with van der Waals surface area (Å²) in [4.78, 5) is 10.8. The van der Waals surface area contributed by atoms with Gasteiger partial charge in [-0.05, 0) is 54.9 Å². The first kappa shape index (κ1) is 12.0. The SMILES string of the molecule is CC(Cc1cc2c(cc1O)CCCC2)C(=O)O. The number of carboxylic acids is 1. The van der Waals surface area contributed by atoms with Crippen LogP contribution in [0.4, 0.5) is 0 Å². The van der Waals surface area contributed by atoms with Crippen molar-refractivity contribution in [3.63, 3.8) is 0 Å². The number of aryl methyl sites for hydroxylation is 2. The summed E-state index contributed by atoms with van der Waals surface area (Å²) in [7, 11) is 0. The topological polar surface area (TPSA) is 57.5 Å². The predicted octanol–water partition coefficient (Wildman–Crippen LogP) is 2.53. The van der Waals surface area contributed by atoms with E-state index in [2.05, 4.69) is 0 Å². The first-order valence-corrected chi connectivity index (χ1v) is 6.14. The fourth-order valence-corrected chi connectivity index (χ4v) is 2.40. The van der Waals surface area contributed by atoms with Crippen molar-refractivity contribution in [2.24, 2.45) is 5.92 Å². The van der Waals surface area contributed by atoms with Crippen LogP contribution in [-0.4, -0.2) is 16.2 Å². The maximum absolute atomic E-state index is 10.8. The van der Waals surface area contributed by atoms with E-state index >= 15 is 0 Å². The predicted molar refractivity (Wildman–Crippen MR) is 65.3 cm³/mol. The fraction of sp³-hybridized carbons (Fsp3) is 0.500. The Morgan fingerprint density at radius 3 is 2.47 bits per heavy atom. The van der Waals surface area contributed by atoms with E-state index in [9.17, 15) is 9.90 Å². The molecule has 0 amide bonds. The molecule has 2 N–H and O–H groups in total. The van der Waals surface area contributed by atoms with Gasteiger partial charge in [0.1, 0.15) is 5.75 Å².